The van der Waals surface area contributed by atoms with Crippen molar-refractivity contribution in [3.8, 4) is 0 Å². The summed E-state index contributed by atoms with van der Waals surface area (Å²) in [6.07, 6.45) is 7.65. The Kier molecular flexibility index (Phi) is 46.3. The average molecular weight is 787 g/mol. The van der Waals surface area contributed by atoms with Gasteiger partial charge in [0.05, 0.1) is 172 Å². The van der Waals surface area contributed by atoms with Crippen molar-refractivity contribution < 1.29 is 75.9 Å². The molecule has 0 atom stereocenters. The lowest BCUT2D eigenvalue weighted by Gasteiger charge is -2.09. The first kappa shape index (κ1) is 52.5. The van der Waals surface area contributed by atoms with Crippen LogP contribution < -0.4 is 0 Å². The Morgan fingerprint density at radius 2 is 0.537 bits per heavy atom. The van der Waals surface area contributed by atoms with Gasteiger partial charge in [0.1, 0.15) is 6.61 Å². The molecule has 0 aliphatic carbocycles. The number of hydrogen-bond donors (Lipinski definition) is 0. The van der Waals surface area contributed by atoms with Crippen LogP contribution in [0.25, 0.3) is 0 Å². The molecule has 0 aromatic carbocycles. The first-order valence-electron chi connectivity index (χ1n) is 19.9. The van der Waals surface area contributed by atoms with Crippen molar-refractivity contribution >= 4 is 11.9 Å². The third-order valence-electron chi connectivity index (χ3n) is 7.07. The summed E-state index contributed by atoms with van der Waals surface area (Å²) in [6.45, 7) is 15.9. The van der Waals surface area contributed by atoms with Crippen LogP contribution in [-0.2, 0) is 75.9 Å². The van der Waals surface area contributed by atoms with Crippen molar-refractivity contribution in [1.29, 1.82) is 0 Å². The van der Waals surface area contributed by atoms with Crippen LogP contribution in [0.2, 0.25) is 0 Å². The van der Waals surface area contributed by atoms with Gasteiger partial charge < -0.3 is 66.3 Å². The Morgan fingerprint density at radius 3 is 0.852 bits per heavy atom. The third kappa shape index (κ3) is 46.6. The summed E-state index contributed by atoms with van der Waals surface area (Å²) >= 11 is 0. The Bertz CT molecular complexity index is 748. The highest BCUT2D eigenvalue weighted by atomic mass is 16.6. The Hall–Kier alpha value is -1.54. The molecule has 0 aromatic rings. The molecule has 0 heterocycles. The van der Waals surface area contributed by atoms with E-state index in [-0.39, 0.29) is 25.0 Å². The molecule has 0 amide bonds. The van der Waals surface area contributed by atoms with Crippen LogP contribution in [0.3, 0.4) is 0 Å². The predicted octanol–water partition coefficient (Wildman–Crippen LogP) is 3.43. The SMILES string of the molecule is CCCCCCCCC(=O)OCCOCCOCCOCCOCCOCCOCCOCCOCCOCCOCCOCCOCCC(=O)OCC. The van der Waals surface area contributed by atoms with Crippen LogP contribution in [0.1, 0.15) is 65.2 Å². The van der Waals surface area contributed by atoms with Crippen molar-refractivity contribution in [3.05, 3.63) is 0 Å². The van der Waals surface area contributed by atoms with Gasteiger partial charge in [-0.15, -0.1) is 0 Å². The van der Waals surface area contributed by atoms with Gasteiger partial charge in [-0.25, -0.2) is 0 Å². The first-order valence-corrected chi connectivity index (χ1v) is 19.9. The van der Waals surface area contributed by atoms with Crippen LogP contribution in [-0.4, -0.2) is 184 Å². The molecule has 0 saturated carbocycles. The van der Waals surface area contributed by atoms with Crippen LogP contribution in [0.5, 0.6) is 0 Å². The third-order valence-corrected chi connectivity index (χ3v) is 7.07. The van der Waals surface area contributed by atoms with Gasteiger partial charge in [0.2, 0.25) is 0 Å². The Morgan fingerprint density at radius 1 is 0.278 bits per heavy atom. The normalized spacial score (nSPS) is 11.4. The molecular weight excluding hydrogens is 712 g/mol. The van der Waals surface area contributed by atoms with E-state index in [0.717, 1.165) is 12.8 Å². The summed E-state index contributed by atoms with van der Waals surface area (Å²) in [7, 11) is 0. The maximum Gasteiger partial charge on any atom is 0.308 e. The van der Waals surface area contributed by atoms with Crippen LogP contribution in [0, 0.1) is 0 Å². The fraction of sp³-hybridized carbons (Fsp3) is 0.947. The van der Waals surface area contributed by atoms with E-state index < -0.39 is 0 Å². The van der Waals surface area contributed by atoms with Gasteiger partial charge in [-0.2, -0.15) is 0 Å². The zero-order valence-corrected chi connectivity index (χ0v) is 33.6. The molecule has 16 heteroatoms. The van der Waals surface area contributed by atoms with Crippen LogP contribution in [0.4, 0.5) is 0 Å². The van der Waals surface area contributed by atoms with E-state index in [4.69, 9.17) is 66.3 Å². The Balaban J connectivity index is 3.10. The molecular formula is C38H74O16. The molecule has 0 aromatic heterocycles. The number of carbonyl (C=O) groups is 2. The van der Waals surface area contributed by atoms with E-state index in [2.05, 4.69) is 6.92 Å². The maximum absolute atomic E-state index is 11.7. The van der Waals surface area contributed by atoms with Crippen molar-refractivity contribution in [2.45, 2.75) is 65.2 Å². The van der Waals surface area contributed by atoms with E-state index in [1.165, 1.54) is 25.7 Å². The molecule has 0 bridgehead atoms. The van der Waals surface area contributed by atoms with Crippen molar-refractivity contribution in [2.75, 3.05) is 172 Å². The minimum Gasteiger partial charge on any atom is -0.466 e. The number of hydrogen-bond acceptors (Lipinski definition) is 16. The van der Waals surface area contributed by atoms with E-state index in [1.807, 2.05) is 0 Å². The highest BCUT2D eigenvalue weighted by molar-refractivity contribution is 5.69. The van der Waals surface area contributed by atoms with Gasteiger partial charge >= 0.3 is 11.9 Å². The van der Waals surface area contributed by atoms with E-state index in [9.17, 15) is 9.59 Å². The lowest BCUT2D eigenvalue weighted by atomic mass is 10.1. The quantitative estimate of drug-likeness (QED) is 0.0651. The van der Waals surface area contributed by atoms with Crippen LogP contribution in [0.15, 0.2) is 0 Å². The number of esters is 2. The largest absolute Gasteiger partial charge is 0.466 e. The second-order valence-corrected chi connectivity index (χ2v) is 11.6. The monoisotopic (exact) mass is 786 g/mol. The standard InChI is InChI=1S/C38H74O16/c1-3-5-6-7-8-9-10-37(39)54-36-35-52-34-33-51-32-31-50-30-29-49-28-27-48-26-25-47-24-23-46-22-21-45-20-19-44-18-17-43-16-15-42-14-13-41-12-11-38(40)53-4-2/h3-36H2,1-2H3. The minimum atomic E-state index is -0.254. The highest BCUT2D eigenvalue weighted by Crippen LogP contribution is 2.07. The fourth-order valence-corrected chi connectivity index (χ4v) is 4.25. The summed E-state index contributed by atoms with van der Waals surface area (Å²) in [5.74, 6) is -0.402. The lowest BCUT2D eigenvalue weighted by Crippen LogP contribution is -2.16. The molecule has 0 saturated heterocycles. The number of carbonyl (C=O) groups excluding carboxylic acids is 2. The van der Waals surface area contributed by atoms with Gasteiger partial charge in [-0.05, 0) is 13.3 Å². The molecule has 0 N–H and O–H groups in total. The average Bonchev–Trinajstić information content (AvgIpc) is 3.17. The van der Waals surface area contributed by atoms with Gasteiger partial charge in [0.25, 0.3) is 0 Å². The minimum absolute atomic E-state index is 0.148. The molecule has 54 heavy (non-hydrogen) atoms. The van der Waals surface area contributed by atoms with Crippen molar-refractivity contribution in [2.24, 2.45) is 0 Å². The summed E-state index contributed by atoms with van der Waals surface area (Å²) in [5, 5.41) is 0. The first-order chi connectivity index (χ1) is 26.7. The summed E-state index contributed by atoms with van der Waals surface area (Å²) in [6, 6.07) is 0. The smallest absolute Gasteiger partial charge is 0.308 e. The molecule has 0 unspecified atom stereocenters. The second kappa shape index (κ2) is 47.6. The van der Waals surface area contributed by atoms with Gasteiger partial charge in [-0.1, -0.05) is 39.0 Å². The second-order valence-electron chi connectivity index (χ2n) is 11.6. The number of unbranched alkanes of at least 4 members (excludes halogenated alkanes) is 5. The summed E-state index contributed by atoms with van der Waals surface area (Å²) in [5.41, 5.74) is 0. The molecule has 0 aliphatic heterocycles. The predicted molar refractivity (Wildman–Crippen MR) is 200 cm³/mol. The molecule has 0 aliphatic rings. The van der Waals surface area contributed by atoms with Gasteiger partial charge in [-0.3, -0.25) is 9.59 Å². The molecule has 0 radical (unpaired) electrons. The summed E-state index contributed by atoms with van der Waals surface area (Å²) < 4.78 is 75.4. The van der Waals surface area contributed by atoms with Gasteiger partial charge in [0.15, 0.2) is 0 Å². The lowest BCUT2D eigenvalue weighted by molar-refractivity contribution is -0.146. The van der Waals surface area contributed by atoms with E-state index >= 15 is 0 Å². The molecule has 16 nitrogen and oxygen atoms in total. The summed E-state index contributed by atoms with van der Waals surface area (Å²) in [4.78, 5) is 22.8. The zero-order chi connectivity index (χ0) is 39.1. The molecule has 322 valence electrons. The van der Waals surface area contributed by atoms with E-state index in [1.54, 1.807) is 6.92 Å². The topological polar surface area (TPSA) is 163 Å². The zero-order valence-electron chi connectivity index (χ0n) is 33.6. The van der Waals surface area contributed by atoms with Crippen molar-refractivity contribution in [1.82, 2.24) is 0 Å². The van der Waals surface area contributed by atoms with Gasteiger partial charge in [0, 0.05) is 6.42 Å². The Labute approximate surface area is 324 Å². The molecule has 0 rings (SSSR count). The number of ether oxygens (including phenoxy) is 14. The maximum atomic E-state index is 11.7. The molecule has 0 spiro atoms. The number of rotatable bonds is 47. The van der Waals surface area contributed by atoms with Crippen molar-refractivity contribution in [3.63, 3.8) is 0 Å². The highest BCUT2D eigenvalue weighted by Gasteiger charge is 2.03. The van der Waals surface area contributed by atoms with E-state index in [0.29, 0.717) is 172 Å². The fourth-order valence-electron chi connectivity index (χ4n) is 4.25. The van der Waals surface area contributed by atoms with Crippen LogP contribution >= 0.6 is 0 Å². The molecule has 0 fully saturated rings.